The third-order valence-corrected chi connectivity index (χ3v) is 4.79. The van der Waals surface area contributed by atoms with Crippen molar-refractivity contribution in [2.24, 2.45) is 5.92 Å². The summed E-state index contributed by atoms with van der Waals surface area (Å²) in [7, 11) is 0. The Morgan fingerprint density at radius 2 is 2.00 bits per heavy atom. The van der Waals surface area contributed by atoms with Gasteiger partial charge in [0.2, 0.25) is 0 Å². The molecule has 1 aliphatic carbocycles. The SMILES string of the molecule is c1ccc(C2CNC(C3CC3)CN2Cc2ccoc2)cc1. The van der Waals surface area contributed by atoms with Crippen LogP contribution in [-0.2, 0) is 6.54 Å². The van der Waals surface area contributed by atoms with Crippen LogP contribution in [0.2, 0.25) is 0 Å². The van der Waals surface area contributed by atoms with Crippen molar-refractivity contribution in [3.8, 4) is 0 Å². The van der Waals surface area contributed by atoms with Crippen molar-refractivity contribution in [2.45, 2.75) is 31.5 Å². The molecule has 0 amide bonds. The van der Waals surface area contributed by atoms with Gasteiger partial charge >= 0.3 is 0 Å². The standard InChI is InChI=1S/C18H22N2O/c1-2-4-16(5-3-1)18-10-19-17(15-6-7-15)12-20(18)11-14-8-9-21-13-14/h1-5,8-9,13,15,17-19H,6-7,10-12H2. The average molecular weight is 282 g/mol. The van der Waals surface area contributed by atoms with Gasteiger partial charge in [-0.15, -0.1) is 0 Å². The first kappa shape index (κ1) is 13.1. The van der Waals surface area contributed by atoms with E-state index in [-0.39, 0.29) is 0 Å². The molecule has 21 heavy (non-hydrogen) atoms. The molecule has 1 saturated heterocycles. The summed E-state index contributed by atoms with van der Waals surface area (Å²) in [5.41, 5.74) is 2.68. The molecule has 0 spiro atoms. The maximum absolute atomic E-state index is 5.24. The number of hydrogen-bond acceptors (Lipinski definition) is 3. The van der Waals surface area contributed by atoms with Crippen molar-refractivity contribution in [1.82, 2.24) is 10.2 Å². The molecule has 110 valence electrons. The summed E-state index contributed by atoms with van der Waals surface area (Å²) in [6.45, 7) is 3.15. The van der Waals surface area contributed by atoms with Gasteiger partial charge in [-0.05, 0) is 30.4 Å². The van der Waals surface area contributed by atoms with Crippen molar-refractivity contribution in [3.05, 3.63) is 60.1 Å². The third kappa shape index (κ3) is 2.89. The van der Waals surface area contributed by atoms with E-state index in [1.165, 1.54) is 24.0 Å². The van der Waals surface area contributed by atoms with Gasteiger partial charge in [0, 0.05) is 37.3 Å². The molecule has 1 aromatic carbocycles. The van der Waals surface area contributed by atoms with Gasteiger partial charge in [-0.25, -0.2) is 0 Å². The molecule has 1 aliphatic heterocycles. The van der Waals surface area contributed by atoms with Crippen molar-refractivity contribution >= 4 is 0 Å². The van der Waals surface area contributed by atoms with E-state index in [1.807, 2.05) is 6.26 Å². The Morgan fingerprint density at radius 1 is 1.14 bits per heavy atom. The number of piperazine rings is 1. The summed E-state index contributed by atoms with van der Waals surface area (Å²) in [5, 5.41) is 3.77. The molecule has 2 aromatic rings. The van der Waals surface area contributed by atoms with Crippen LogP contribution in [0.4, 0.5) is 0 Å². The quantitative estimate of drug-likeness (QED) is 0.933. The molecule has 0 radical (unpaired) electrons. The highest BCUT2D eigenvalue weighted by atomic mass is 16.3. The van der Waals surface area contributed by atoms with Crippen LogP contribution < -0.4 is 5.32 Å². The second kappa shape index (κ2) is 5.66. The summed E-state index contributed by atoms with van der Waals surface area (Å²) in [6.07, 6.45) is 6.43. The molecule has 2 atom stereocenters. The Labute approximate surface area is 126 Å². The van der Waals surface area contributed by atoms with E-state index in [0.717, 1.165) is 25.6 Å². The van der Waals surface area contributed by atoms with E-state index < -0.39 is 0 Å². The first-order valence-corrected chi connectivity index (χ1v) is 7.93. The van der Waals surface area contributed by atoms with Gasteiger partial charge in [0.1, 0.15) is 0 Å². The first-order valence-electron chi connectivity index (χ1n) is 7.93. The Bertz CT molecular complexity index is 562. The normalized spacial score (nSPS) is 26.9. The van der Waals surface area contributed by atoms with E-state index >= 15 is 0 Å². The molecule has 2 unspecified atom stereocenters. The number of nitrogens with zero attached hydrogens (tertiary/aromatic N) is 1. The van der Waals surface area contributed by atoms with E-state index in [1.54, 1.807) is 6.26 Å². The molecule has 0 bridgehead atoms. The van der Waals surface area contributed by atoms with Gasteiger partial charge in [-0.3, -0.25) is 4.90 Å². The maximum Gasteiger partial charge on any atom is 0.0947 e. The zero-order valence-corrected chi connectivity index (χ0v) is 12.2. The van der Waals surface area contributed by atoms with Crippen LogP contribution in [0.25, 0.3) is 0 Å². The minimum atomic E-state index is 0.455. The highest BCUT2D eigenvalue weighted by Gasteiger charge is 2.37. The van der Waals surface area contributed by atoms with Crippen molar-refractivity contribution < 1.29 is 4.42 Å². The smallest absolute Gasteiger partial charge is 0.0947 e. The molecule has 2 aliphatic rings. The molecular formula is C18H22N2O. The van der Waals surface area contributed by atoms with Crippen molar-refractivity contribution in [2.75, 3.05) is 13.1 Å². The molecule has 1 saturated carbocycles. The zero-order valence-electron chi connectivity index (χ0n) is 12.2. The van der Waals surface area contributed by atoms with Crippen LogP contribution in [0.5, 0.6) is 0 Å². The second-order valence-electron chi connectivity index (χ2n) is 6.34. The summed E-state index contributed by atoms with van der Waals surface area (Å²) < 4.78 is 5.24. The molecule has 1 aromatic heterocycles. The lowest BCUT2D eigenvalue weighted by Crippen LogP contribution is -2.52. The Kier molecular flexibility index (Phi) is 3.53. The van der Waals surface area contributed by atoms with Gasteiger partial charge < -0.3 is 9.73 Å². The van der Waals surface area contributed by atoms with Crippen LogP contribution in [0.15, 0.2) is 53.3 Å². The lowest BCUT2D eigenvalue weighted by Gasteiger charge is -2.40. The second-order valence-corrected chi connectivity index (χ2v) is 6.34. The maximum atomic E-state index is 5.24. The molecule has 1 N–H and O–H groups in total. The van der Waals surface area contributed by atoms with E-state index in [9.17, 15) is 0 Å². The monoisotopic (exact) mass is 282 g/mol. The molecule has 2 fully saturated rings. The molecule has 2 heterocycles. The Balaban J connectivity index is 1.55. The van der Waals surface area contributed by atoms with Gasteiger partial charge in [0.15, 0.2) is 0 Å². The third-order valence-electron chi connectivity index (χ3n) is 4.79. The number of nitrogens with one attached hydrogen (secondary N) is 1. The Hall–Kier alpha value is -1.58. The van der Waals surface area contributed by atoms with Gasteiger partial charge in [0.05, 0.1) is 12.5 Å². The molecule has 3 nitrogen and oxygen atoms in total. The Morgan fingerprint density at radius 3 is 2.71 bits per heavy atom. The van der Waals surface area contributed by atoms with E-state index in [2.05, 4.69) is 46.6 Å². The van der Waals surface area contributed by atoms with Gasteiger partial charge in [-0.1, -0.05) is 30.3 Å². The topological polar surface area (TPSA) is 28.4 Å². The number of furan rings is 1. The number of hydrogen-bond donors (Lipinski definition) is 1. The van der Waals surface area contributed by atoms with E-state index in [4.69, 9.17) is 4.42 Å². The van der Waals surface area contributed by atoms with Crippen LogP contribution in [0, 0.1) is 5.92 Å². The average Bonchev–Trinajstić information content (AvgIpc) is 3.26. The zero-order chi connectivity index (χ0) is 14.1. The number of rotatable bonds is 4. The summed E-state index contributed by atoms with van der Waals surface area (Å²) in [5.74, 6) is 0.897. The summed E-state index contributed by atoms with van der Waals surface area (Å²) in [4.78, 5) is 2.61. The summed E-state index contributed by atoms with van der Waals surface area (Å²) in [6, 6.07) is 14.0. The van der Waals surface area contributed by atoms with Gasteiger partial charge in [-0.2, -0.15) is 0 Å². The fourth-order valence-electron chi connectivity index (χ4n) is 3.45. The van der Waals surface area contributed by atoms with E-state index in [0.29, 0.717) is 12.1 Å². The molecular weight excluding hydrogens is 260 g/mol. The molecule has 4 rings (SSSR count). The number of benzene rings is 1. The van der Waals surface area contributed by atoms with Crippen molar-refractivity contribution in [3.63, 3.8) is 0 Å². The minimum Gasteiger partial charge on any atom is -0.472 e. The lowest BCUT2D eigenvalue weighted by molar-refractivity contribution is 0.114. The predicted molar refractivity (Wildman–Crippen MR) is 82.8 cm³/mol. The van der Waals surface area contributed by atoms with Crippen LogP contribution >= 0.6 is 0 Å². The van der Waals surface area contributed by atoms with Crippen LogP contribution in [-0.4, -0.2) is 24.0 Å². The first-order chi connectivity index (χ1) is 10.4. The fraction of sp³-hybridized carbons (Fsp3) is 0.444. The summed E-state index contributed by atoms with van der Waals surface area (Å²) >= 11 is 0. The van der Waals surface area contributed by atoms with Crippen LogP contribution in [0.3, 0.4) is 0 Å². The highest BCUT2D eigenvalue weighted by molar-refractivity contribution is 5.21. The largest absolute Gasteiger partial charge is 0.472 e. The molecule has 3 heteroatoms. The van der Waals surface area contributed by atoms with Gasteiger partial charge in [0.25, 0.3) is 0 Å². The van der Waals surface area contributed by atoms with Crippen LogP contribution in [0.1, 0.15) is 30.0 Å². The predicted octanol–water partition coefficient (Wildman–Crippen LogP) is 3.20. The minimum absolute atomic E-state index is 0.455. The fourth-order valence-corrected chi connectivity index (χ4v) is 3.45. The lowest BCUT2D eigenvalue weighted by atomic mass is 9.99. The highest BCUT2D eigenvalue weighted by Crippen LogP contribution is 2.36. The van der Waals surface area contributed by atoms with Crippen molar-refractivity contribution in [1.29, 1.82) is 0 Å².